The van der Waals surface area contributed by atoms with Crippen molar-refractivity contribution in [2.75, 3.05) is 0 Å². The number of hydrogen-bond acceptors (Lipinski definition) is 1. The molecule has 0 aliphatic heterocycles. The van der Waals surface area contributed by atoms with Crippen LogP contribution >= 0.6 is 0 Å². The summed E-state index contributed by atoms with van der Waals surface area (Å²) in [5, 5.41) is 15.2. The van der Waals surface area contributed by atoms with E-state index in [9.17, 15) is 0 Å². The van der Waals surface area contributed by atoms with Crippen molar-refractivity contribution >= 4 is 98.8 Å². The maximum absolute atomic E-state index is 6.45. The molecule has 0 spiro atoms. The van der Waals surface area contributed by atoms with Crippen molar-refractivity contribution in [3.8, 4) is 55.6 Å². The average Bonchev–Trinajstić information content (AvgIpc) is 3.95. The van der Waals surface area contributed by atoms with Gasteiger partial charge in [-0.2, -0.15) is 0 Å². The summed E-state index contributed by atoms with van der Waals surface area (Å²) in [6, 6.07) is 85.1. The molecule has 0 saturated carbocycles. The molecule has 14 rings (SSSR count). The molecule has 0 unspecified atom stereocenters. The van der Waals surface area contributed by atoms with Gasteiger partial charge in [0.25, 0.3) is 0 Å². The van der Waals surface area contributed by atoms with Crippen molar-refractivity contribution in [2.45, 2.75) is 0 Å². The molecular weight excluding hydrogens is 864 g/mol. The van der Waals surface area contributed by atoms with E-state index in [-0.39, 0.29) is 14.5 Å². The summed E-state index contributed by atoms with van der Waals surface area (Å²) in [4.78, 5) is 0. The van der Waals surface area contributed by atoms with Gasteiger partial charge in [-0.15, -0.1) is 0 Å². The molecule has 2 heterocycles. The first-order chi connectivity index (χ1) is 32.7. The number of hydrogen-bond donors (Lipinski definition) is 0. The fraction of sp³-hybridized carbons (Fsp3) is 0. The van der Waals surface area contributed by atoms with Gasteiger partial charge in [0, 0.05) is 0 Å². The van der Waals surface area contributed by atoms with Crippen LogP contribution in [0.2, 0.25) is 0 Å². The number of rotatable bonds is 5. The monoisotopic (exact) mass is 902 g/mol. The standard InChI is InChI=1S/C64H38OSe/c1-3-16-39(17-4-1)41-31-34-57-55(36-41)56-37-42(32-35-58(56)65-57)61-49-24-11-13-26-51(49)63(52-27-14-12-25-50(52)61)54-29-15-28-53-44-33-30-43(38-59(44)66-64(53)54)62-47-22-9-7-20-45(47)60(40-18-5-2-6-19-40)46-21-8-10-23-48(46)62/h1-38H. The van der Waals surface area contributed by atoms with Crippen LogP contribution in [0.1, 0.15) is 0 Å². The third-order valence-corrected chi connectivity index (χ3v) is 16.4. The summed E-state index contributed by atoms with van der Waals surface area (Å²) in [7, 11) is 0. The normalized spacial score (nSPS) is 11.9. The van der Waals surface area contributed by atoms with Crippen LogP contribution < -0.4 is 0 Å². The zero-order valence-corrected chi connectivity index (χ0v) is 37.5. The minimum Gasteiger partial charge on any atom is -0.0617 e. The molecule has 12 aromatic carbocycles. The first-order valence-electron chi connectivity index (χ1n) is 22.7. The first-order valence-corrected chi connectivity index (χ1v) is 24.4. The van der Waals surface area contributed by atoms with Crippen LogP contribution in [0.3, 0.4) is 0 Å². The molecule has 0 N–H and O–H groups in total. The van der Waals surface area contributed by atoms with Crippen LogP contribution in [0.4, 0.5) is 0 Å². The zero-order valence-electron chi connectivity index (χ0n) is 35.8. The SMILES string of the molecule is c1ccc(-c2ccc3oc4ccc(-c5c6ccccc6c(-c6cccc7c6[se]c6cc(-c8c9ccccc9c(-c9ccccc9)c9ccccc89)ccc67)c6ccccc56)cc4c3c2)cc1. The maximum atomic E-state index is 6.45. The summed E-state index contributed by atoms with van der Waals surface area (Å²) in [6.45, 7) is 0. The summed E-state index contributed by atoms with van der Waals surface area (Å²) in [6.07, 6.45) is 0. The molecule has 0 aliphatic carbocycles. The predicted octanol–water partition coefficient (Wildman–Crippen LogP) is 17.9. The molecule has 2 aromatic heterocycles. The van der Waals surface area contributed by atoms with Crippen molar-refractivity contribution in [2.24, 2.45) is 0 Å². The molecule has 0 radical (unpaired) electrons. The fourth-order valence-corrected chi connectivity index (χ4v) is 13.6. The summed E-state index contributed by atoms with van der Waals surface area (Å²) in [5.74, 6) is 0. The molecule has 66 heavy (non-hydrogen) atoms. The van der Waals surface area contributed by atoms with E-state index in [0.29, 0.717) is 0 Å². The molecular formula is C64H38OSe. The van der Waals surface area contributed by atoms with Gasteiger partial charge in [-0.25, -0.2) is 0 Å². The molecule has 1 nitrogen and oxygen atoms in total. The minimum absolute atomic E-state index is 0.0830. The predicted molar refractivity (Wildman–Crippen MR) is 283 cm³/mol. The van der Waals surface area contributed by atoms with Crippen molar-refractivity contribution in [1.82, 2.24) is 0 Å². The quantitative estimate of drug-likeness (QED) is 0.124. The Bertz CT molecular complexity index is 4160. The summed E-state index contributed by atoms with van der Waals surface area (Å²) >= 11 is 0.0830. The number of furan rings is 1. The second kappa shape index (κ2) is 14.8. The average molecular weight is 902 g/mol. The molecule has 0 amide bonds. The molecule has 2 heteroatoms. The molecule has 14 aromatic rings. The van der Waals surface area contributed by atoms with E-state index in [1.807, 2.05) is 0 Å². The third kappa shape index (κ3) is 5.66. The maximum Gasteiger partial charge on any atom is -0.0544 e. The van der Waals surface area contributed by atoms with Crippen molar-refractivity contribution in [3.05, 3.63) is 231 Å². The Hall–Kier alpha value is -8.00. The van der Waals surface area contributed by atoms with Crippen LogP contribution in [0.25, 0.3) is 140 Å². The van der Waals surface area contributed by atoms with E-state index in [4.69, 9.17) is 4.42 Å². The number of benzene rings is 12. The first kappa shape index (κ1) is 37.4. The summed E-state index contributed by atoms with van der Waals surface area (Å²) in [5.41, 5.74) is 14.4. The smallest absolute Gasteiger partial charge is 0.0544 e. The van der Waals surface area contributed by atoms with Crippen molar-refractivity contribution in [3.63, 3.8) is 0 Å². The molecule has 0 atom stereocenters. The van der Waals surface area contributed by atoms with E-state index in [1.165, 1.54) is 118 Å². The Morgan fingerprint density at radius 3 is 1.20 bits per heavy atom. The van der Waals surface area contributed by atoms with Gasteiger partial charge in [0.1, 0.15) is 0 Å². The van der Waals surface area contributed by atoms with Crippen LogP contribution in [0.5, 0.6) is 0 Å². The van der Waals surface area contributed by atoms with Gasteiger partial charge in [-0.1, -0.05) is 36.4 Å². The molecule has 0 saturated heterocycles. The second-order valence-corrected chi connectivity index (χ2v) is 19.6. The van der Waals surface area contributed by atoms with E-state index in [0.717, 1.165) is 21.9 Å². The van der Waals surface area contributed by atoms with Gasteiger partial charge in [0.2, 0.25) is 0 Å². The largest absolute Gasteiger partial charge is 0.0617 e. The van der Waals surface area contributed by atoms with Crippen molar-refractivity contribution in [1.29, 1.82) is 0 Å². The Labute approximate surface area is 387 Å². The molecule has 0 aliphatic rings. The van der Waals surface area contributed by atoms with Crippen LogP contribution in [0, 0.1) is 0 Å². The van der Waals surface area contributed by atoms with Crippen LogP contribution in [-0.4, -0.2) is 14.5 Å². The topological polar surface area (TPSA) is 13.1 Å². The second-order valence-electron chi connectivity index (χ2n) is 17.4. The molecule has 0 fully saturated rings. The Kier molecular flexibility index (Phi) is 8.37. The molecule has 0 bridgehead atoms. The van der Waals surface area contributed by atoms with E-state index < -0.39 is 0 Å². The van der Waals surface area contributed by atoms with Gasteiger partial charge in [0.15, 0.2) is 0 Å². The van der Waals surface area contributed by atoms with E-state index >= 15 is 0 Å². The number of fused-ring (bicyclic) bond motifs is 10. The van der Waals surface area contributed by atoms with Crippen LogP contribution in [-0.2, 0) is 0 Å². The Morgan fingerprint density at radius 1 is 0.242 bits per heavy atom. The Balaban J connectivity index is 0.968. The van der Waals surface area contributed by atoms with Gasteiger partial charge in [-0.3, -0.25) is 0 Å². The fourth-order valence-electron chi connectivity index (χ4n) is 11.0. The third-order valence-electron chi connectivity index (χ3n) is 13.8. The molecule has 306 valence electrons. The van der Waals surface area contributed by atoms with E-state index in [2.05, 4.69) is 231 Å². The van der Waals surface area contributed by atoms with Gasteiger partial charge >= 0.3 is 347 Å². The van der Waals surface area contributed by atoms with Gasteiger partial charge in [0.05, 0.1) is 0 Å². The minimum atomic E-state index is 0.0830. The summed E-state index contributed by atoms with van der Waals surface area (Å²) < 4.78 is 9.34. The van der Waals surface area contributed by atoms with Crippen LogP contribution in [0.15, 0.2) is 235 Å². The van der Waals surface area contributed by atoms with Gasteiger partial charge < -0.3 is 0 Å². The zero-order chi connectivity index (χ0) is 43.3. The van der Waals surface area contributed by atoms with Crippen molar-refractivity contribution < 1.29 is 4.42 Å². The van der Waals surface area contributed by atoms with E-state index in [1.54, 1.807) is 0 Å². The Morgan fingerprint density at radius 2 is 0.652 bits per heavy atom. The van der Waals surface area contributed by atoms with Gasteiger partial charge in [-0.05, 0) is 5.56 Å².